The maximum absolute atomic E-state index is 13.0. The second-order valence-electron chi connectivity index (χ2n) is 9.56. The van der Waals surface area contributed by atoms with Gasteiger partial charge in [0, 0.05) is 47.0 Å². The van der Waals surface area contributed by atoms with Crippen LogP contribution in [-0.2, 0) is 13.0 Å². The van der Waals surface area contributed by atoms with Crippen molar-refractivity contribution in [3.05, 3.63) is 98.1 Å². The first-order valence-corrected chi connectivity index (χ1v) is 13.5. The second kappa shape index (κ2) is 11.9. The fraction of sp³-hybridized carbons (Fsp3) is 0.241. The number of carbonyl (C=O) groups excluding carboxylic acids is 2. The molecule has 1 aliphatic rings. The van der Waals surface area contributed by atoms with E-state index in [0.29, 0.717) is 46.2 Å². The van der Waals surface area contributed by atoms with Crippen molar-refractivity contribution < 1.29 is 19.6 Å². The van der Waals surface area contributed by atoms with Gasteiger partial charge in [-0.25, -0.2) is 4.98 Å². The van der Waals surface area contributed by atoms with Gasteiger partial charge >= 0.3 is 0 Å². The van der Waals surface area contributed by atoms with Crippen LogP contribution in [0.3, 0.4) is 0 Å². The van der Waals surface area contributed by atoms with E-state index in [9.17, 15) is 24.8 Å². The number of hydrogen-bond donors (Lipinski definition) is 2. The van der Waals surface area contributed by atoms with Crippen molar-refractivity contribution in [2.45, 2.75) is 32.7 Å². The van der Waals surface area contributed by atoms with Gasteiger partial charge in [0.25, 0.3) is 17.5 Å². The molecule has 0 atom stereocenters. The summed E-state index contributed by atoms with van der Waals surface area (Å²) in [6, 6.07) is 14.9. The summed E-state index contributed by atoms with van der Waals surface area (Å²) in [5.41, 5.74) is 5.78. The molecule has 12 heteroatoms. The van der Waals surface area contributed by atoms with Crippen LogP contribution in [0.15, 0.2) is 59.7 Å². The number of nitrogens with one attached hydrogen (secondary N) is 1. The number of nitro groups is 1. The van der Waals surface area contributed by atoms with Gasteiger partial charge in [0.1, 0.15) is 11.5 Å². The van der Waals surface area contributed by atoms with Gasteiger partial charge in [-0.15, -0.1) is 0 Å². The van der Waals surface area contributed by atoms with Crippen LogP contribution in [-0.4, -0.2) is 55.7 Å². The van der Waals surface area contributed by atoms with Crippen molar-refractivity contribution >= 4 is 51.8 Å². The highest BCUT2D eigenvalue weighted by atomic mass is 35.5. The molecule has 1 aliphatic heterocycles. The summed E-state index contributed by atoms with van der Waals surface area (Å²) >= 11 is 6.54. The van der Waals surface area contributed by atoms with Crippen molar-refractivity contribution in [3.63, 3.8) is 0 Å². The Kier molecular flexibility index (Phi) is 8.09. The number of aromatic nitrogens is 2. The van der Waals surface area contributed by atoms with Crippen LogP contribution in [0, 0.1) is 10.1 Å². The molecule has 0 saturated carbocycles. The van der Waals surface area contributed by atoms with Gasteiger partial charge in [0.15, 0.2) is 5.15 Å². The number of amides is 2. The molecular formula is C29H27ClN6O5. The maximum atomic E-state index is 13.0. The van der Waals surface area contributed by atoms with Gasteiger partial charge in [0.05, 0.1) is 30.0 Å². The Morgan fingerprint density at radius 1 is 1.10 bits per heavy atom. The maximum Gasteiger partial charge on any atom is 0.269 e. The molecule has 0 fully saturated rings. The Labute approximate surface area is 240 Å². The molecule has 41 heavy (non-hydrogen) atoms. The lowest BCUT2D eigenvalue weighted by atomic mass is 9.93. The number of nitrogens with zero attached hydrogens (tertiary/aromatic N) is 5. The predicted molar refractivity (Wildman–Crippen MR) is 156 cm³/mol. The van der Waals surface area contributed by atoms with Crippen molar-refractivity contribution in [2.75, 3.05) is 18.6 Å². The van der Waals surface area contributed by atoms with Gasteiger partial charge in [-0.2, -0.15) is 5.10 Å². The average molecular weight is 575 g/mol. The van der Waals surface area contributed by atoms with Crippen molar-refractivity contribution in [2.24, 2.45) is 5.10 Å². The molecule has 2 heterocycles. The highest BCUT2D eigenvalue weighted by molar-refractivity contribution is 6.31. The number of hydrogen-bond acceptors (Lipinski definition) is 8. The molecule has 0 radical (unpaired) electrons. The number of benzene rings is 3. The van der Waals surface area contributed by atoms with Crippen molar-refractivity contribution in [1.82, 2.24) is 14.5 Å². The third-order valence-electron chi connectivity index (χ3n) is 6.97. The fourth-order valence-electron chi connectivity index (χ4n) is 4.92. The first-order valence-electron chi connectivity index (χ1n) is 13.1. The molecule has 1 aromatic heterocycles. The summed E-state index contributed by atoms with van der Waals surface area (Å²) in [7, 11) is 0. The molecule has 210 valence electrons. The van der Waals surface area contributed by atoms with Gasteiger partial charge in [-0.05, 0) is 30.2 Å². The lowest BCUT2D eigenvalue weighted by Gasteiger charge is -2.27. The Morgan fingerprint density at radius 2 is 1.83 bits per heavy atom. The summed E-state index contributed by atoms with van der Waals surface area (Å²) in [6.07, 6.45) is 4.15. The molecule has 5 rings (SSSR count). The zero-order valence-electron chi connectivity index (χ0n) is 22.2. The fourth-order valence-corrected chi connectivity index (χ4v) is 5.17. The van der Waals surface area contributed by atoms with E-state index in [1.807, 2.05) is 4.57 Å². The van der Waals surface area contributed by atoms with Crippen molar-refractivity contribution in [3.8, 4) is 0 Å². The smallest absolute Gasteiger partial charge is 0.269 e. The first kappa shape index (κ1) is 27.9. The highest BCUT2D eigenvalue weighted by Gasteiger charge is 2.32. The number of unbranched alkanes of at least 4 members (excludes halogenated alkanes) is 1. The molecule has 2 amide bonds. The lowest BCUT2D eigenvalue weighted by molar-refractivity contribution is -0.384. The van der Waals surface area contributed by atoms with Crippen LogP contribution in [0.2, 0.25) is 5.15 Å². The van der Waals surface area contributed by atoms with Crippen LogP contribution in [0.25, 0.3) is 10.8 Å². The number of rotatable bonds is 11. The largest absolute Gasteiger partial charge is 0.395 e. The SMILES string of the molecule is CCCCc1nc(Cl)c(/C=N/Nc2ccc3c4c(cccc24)C(=O)N(CCO)C3=O)n1Cc1ccc([N+](=O)[O-])cc1. The predicted octanol–water partition coefficient (Wildman–Crippen LogP) is 5.02. The zero-order chi connectivity index (χ0) is 29.1. The van der Waals surface area contributed by atoms with Crippen LogP contribution < -0.4 is 5.43 Å². The summed E-state index contributed by atoms with van der Waals surface area (Å²) in [6.45, 7) is 2.09. The molecule has 2 N–H and O–H groups in total. The van der Waals surface area contributed by atoms with E-state index in [-0.39, 0.29) is 24.0 Å². The number of halogens is 1. The molecule has 11 nitrogen and oxygen atoms in total. The minimum atomic E-state index is -0.454. The first-order chi connectivity index (χ1) is 19.8. The average Bonchev–Trinajstić information content (AvgIpc) is 3.26. The standard InChI is InChI=1S/C29H27ClN6O5/c1-2-3-7-25-32-27(30)24(35(25)17-18-8-10-19(11-9-18)36(40)41)16-31-33-23-13-12-22-26-20(23)5-4-6-21(26)28(38)34(14-15-37)29(22)39/h4-6,8-13,16,33,37H,2-3,7,14-15,17H2,1H3/b31-16+. The molecule has 4 aromatic rings. The number of aliphatic hydroxyl groups excluding tert-OH is 1. The van der Waals surface area contributed by atoms with Gasteiger partial charge in [0.2, 0.25) is 0 Å². The number of anilines is 1. The van der Waals surface area contributed by atoms with E-state index >= 15 is 0 Å². The number of aryl methyl sites for hydroxylation is 1. The number of β-amino-alcohol motifs (C(OH)–C–C–N with tert-alkyl or cyclic N) is 1. The van der Waals surface area contributed by atoms with E-state index in [2.05, 4.69) is 22.4 Å². The topological polar surface area (TPSA) is 143 Å². The number of imide groups is 1. The molecule has 0 spiro atoms. The zero-order valence-corrected chi connectivity index (χ0v) is 23.0. The minimum absolute atomic E-state index is 0.0141. The van der Waals surface area contributed by atoms with E-state index in [1.165, 1.54) is 12.1 Å². The van der Waals surface area contributed by atoms with Gasteiger partial charge < -0.3 is 9.67 Å². The highest BCUT2D eigenvalue weighted by Crippen LogP contribution is 2.34. The van der Waals surface area contributed by atoms with Gasteiger partial charge in [-0.3, -0.25) is 30.0 Å². The molecule has 0 aliphatic carbocycles. The monoisotopic (exact) mass is 574 g/mol. The number of aliphatic hydroxyl groups is 1. The number of hydrazone groups is 1. The summed E-state index contributed by atoms with van der Waals surface area (Å²) in [4.78, 5) is 42.1. The van der Waals surface area contributed by atoms with E-state index < -0.39 is 16.7 Å². The van der Waals surface area contributed by atoms with Crippen LogP contribution in [0.1, 0.15) is 57.6 Å². The van der Waals surface area contributed by atoms with Gasteiger partial charge in [-0.1, -0.05) is 49.2 Å². The van der Waals surface area contributed by atoms with Crippen LogP contribution in [0.4, 0.5) is 11.4 Å². The number of carbonyl (C=O) groups is 2. The number of non-ortho nitro benzene ring substituents is 1. The second-order valence-corrected chi connectivity index (χ2v) is 9.92. The molecule has 0 unspecified atom stereocenters. The molecule has 3 aromatic carbocycles. The summed E-state index contributed by atoms with van der Waals surface area (Å²) in [5.74, 6) is -0.128. The van der Waals surface area contributed by atoms with Crippen LogP contribution >= 0.6 is 11.6 Å². The van der Waals surface area contributed by atoms with E-state index in [4.69, 9.17) is 11.6 Å². The number of nitro benzene ring substituents is 1. The van der Waals surface area contributed by atoms with E-state index in [0.717, 1.165) is 29.1 Å². The lowest BCUT2D eigenvalue weighted by Crippen LogP contribution is -2.41. The number of imidazole rings is 1. The molecule has 0 saturated heterocycles. The Morgan fingerprint density at radius 3 is 2.51 bits per heavy atom. The molecule has 0 bridgehead atoms. The summed E-state index contributed by atoms with van der Waals surface area (Å²) < 4.78 is 1.94. The summed E-state index contributed by atoms with van der Waals surface area (Å²) in [5, 5.41) is 26.2. The third-order valence-corrected chi connectivity index (χ3v) is 7.25. The van der Waals surface area contributed by atoms with Crippen LogP contribution in [0.5, 0.6) is 0 Å². The Hall–Kier alpha value is -4.61. The quantitative estimate of drug-likeness (QED) is 0.111. The Balaban J connectivity index is 1.46. The van der Waals surface area contributed by atoms with E-state index in [1.54, 1.807) is 48.7 Å². The molecular weight excluding hydrogens is 548 g/mol. The third kappa shape index (κ3) is 5.41. The Bertz CT molecular complexity index is 1660. The van der Waals surface area contributed by atoms with Crippen molar-refractivity contribution in [1.29, 1.82) is 0 Å². The normalized spacial score (nSPS) is 13.0. The minimum Gasteiger partial charge on any atom is -0.395 e.